The van der Waals surface area contributed by atoms with E-state index in [-0.39, 0.29) is 12.5 Å². The maximum Gasteiger partial charge on any atom is 0.326 e. The van der Waals surface area contributed by atoms with Crippen molar-refractivity contribution in [2.24, 2.45) is 4.99 Å². The monoisotopic (exact) mass is 374 g/mol. The van der Waals surface area contributed by atoms with Crippen molar-refractivity contribution in [2.45, 2.75) is 13.5 Å². The van der Waals surface area contributed by atoms with Crippen LogP contribution in [0.2, 0.25) is 5.02 Å². The first kappa shape index (κ1) is 17.4. The third-order valence-corrected chi connectivity index (χ3v) is 4.87. The lowest BCUT2D eigenvalue weighted by Crippen LogP contribution is -2.23. The fourth-order valence-corrected chi connectivity index (χ4v) is 3.62. The van der Waals surface area contributed by atoms with Crippen LogP contribution in [-0.2, 0) is 16.1 Å². The first-order chi connectivity index (χ1) is 12.1. The molecular formula is C18H15ClN2O3S. The van der Waals surface area contributed by atoms with E-state index in [1.54, 1.807) is 35.8 Å². The molecule has 0 spiro atoms. The molecule has 0 fully saturated rings. The molecule has 25 heavy (non-hydrogen) atoms. The quantitative estimate of drug-likeness (QED) is 0.655. The molecule has 0 N–H and O–H groups in total. The summed E-state index contributed by atoms with van der Waals surface area (Å²) < 4.78 is 7.64. The molecule has 1 amide bonds. The average Bonchev–Trinajstić information content (AvgIpc) is 2.93. The van der Waals surface area contributed by atoms with Gasteiger partial charge in [0.05, 0.1) is 27.4 Å². The number of halogens is 1. The Morgan fingerprint density at radius 1 is 1.16 bits per heavy atom. The molecule has 0 aliphatic rings. The number of esters is 1. The van der Waals surface area contributed by atoms with E-state index < -0.39 is 5.91 Å². The fraction of sp³-hybridized carbons (Fsp3) is 0.167. The number of hydrogen-bond acceptors (Lipinski definition) is 4. The van der Waals surface area contributed by atoms with E-state index in [0.717, 1.165) is 10.2 Å². The number of fused-ring (bicyclic) bond motifs is 1. The van der Waals surface area contributed by atoms with Gasteiger partial charge in [-0.05, 0) is 31.2 Å². The number of benzene rings is 2. The summed E-state index contributed by atoms with van der Waals surface area (Å²) in [6.45, 7) is 2.04. The van der Waals surface area contributed by atoms with Crippen molar-refractivity contribution in [3.63, 3.8) is 0 Å². The molecule has 0 atom stereocenters. The number of rotatable bonds is 4. The second kappa shape index (κ2) is 7.63. The summed E-state index contributed by atoms with van der Waals surface area (Å²) in [5.41, 5.74) is 1.15. The SMILES string of the molecule is CCOC(=O)Cn1c(=NC(=O)c2ccccc2Cl)sc2ccccc21. The summed E-state index contributed by atoms with van der Waals surface area (Å²) in [6.07, 6.45) is 0. The van der Waals surface area contributed by atoms with E-state index in [9.17, 15) is 9.59 Å². The van der Waals surface area contributed by atoms with Gasteiger partial charge in [-0.15, -0.1) is 0 Å². The van der Waals surface area contributed by atoms with Crippen molar-refractivity contribution >= 4 is 45.0 Å². The number of ether oxygens (including phenoxy) is 1. The molecule has 3 rings (SSSR count). The Kier molecular flexibility index (Phi) is 5.31. The fourth-order valence-electron chi connectivity index (χ4n) is 2.38. The maximum atomic E-state index is 12.5. The lowest BCUT2D eigenvalue weighted by molar-refractivity contribution is -0.143. The number of hydrogen-bond donors (Lipinski definition) is 0. The van der Waals surface area contributed by atoms with Crippen LogP contribution in [0.3, 0.4) is 0 Å². The van der Waals surface area contributed by atoms with Gasteiger partial charge in [0, 0.05) is 0 Å². The summed E-state index contributed by atoms with van der Waals surface area (Å²) in [4.78, 5) is 29.1. The number of thiazole rings is 1. The maximum absolute atomic E-state index is 12.5. The highest BCUT2D eigenvalue weighted by molar-refractivity contribution is 7.16. The van der Waals surface area contributed by atoms with Gasteiger partial charge in [0.15, 0.2) is 4.80 Å². The lowest BCUT2D eigenvalue weighted by Gasteiger charge is -2.05. The van der Waals surface area contributed by atoms with E-state index in [0.29, 0.717) is 22.0 Å². The highest BCUT2D eigenvalue weighted by Crippen LogP contribution is 2.18. The Hall–Kier alpha value is -2.44. The van der Waals surface area contributed by atoms with Crippen LogP contribution in [0.5, 0.6) is 0 Å². The van der Waals surface area contributed by atoms with Crippen LogP contribution in [0, 0.1) is 0 Å². The van der Waals surface area contributed by atoms with E-state index >= 15 is 0 Å². The number of carbonyl (C=O) groups excluding carboxylic acids is 2. The van der Waals surface area contributed by atoms with Gasteiger partial charge in [0.25, 0.3) is 5.91 Å². The minimum Gasteiger partial charge on any atom is -0.465 e. The van der Waals surface area contributed by atoms with Crippen LogP contribution in [0.1, 0.15) is 17.3 Å². The molecule has 0 unspecified atom stereocenters. The van der Waals surface area contributed by atoms with Gasteiger partial charge in [-0.25, -0.2) is 0 Å². The Labute approximate surface area is 153 Å². The van der Waals surface area contributed by atoms with Crippen LogP contribution >= 0.6 is 22.9 Å². The first-order valence-electron chi connectivity index (χ1n) is 7.67. The molecule has 0 radical (unpaired) electrons. The Morgan fingerprint density at radius 3 is 2.64 bits per heavy atom. The van der Waals surface area contributed by atoms with E-state index in [1.165, 1.54) is 11.3 Å². The molecule has 0 bridgehead atoms. The number of amides is 1. The first-order valence-corrected chi connectivity index (χ1v) is 8.87. The molecule has 5 nitrogen and oxygen atoms in total. The van der Waals surface area contributed by atoms with E-state index in [2.05, 4.69) is 4.99 Å². The minimum atomic E-state index is -0.449. The van der Waals surface area contributed by atoms with Gasteiger partial charge in [0.1, 0.15) is 6.54 Å². The lowest BCUT2D eigenvalue weighted by atomic mass is 10.2. The van der Waals surface area contributed by atoms with Gasteiger partial charge < -0.3 is 9.30 Å². The summed E-state index contributed by atoms with van der Waals surface area (Å²) >= 11 is 7.41. The van der Waals surface area contributed by atoms with Crippen molar-refractivity contribution < 1.29 is 14.3 Å². The molecule has 0 aliphatic carbocycles. The van der Waals surface area contributed by atoms with Gasteiger partial charge in [-0.3, -0.25) is 9.59 Å². The van der Waals surface area contributed by atoms with Crippen molar-refractivity contribution in [3.8, 4) is 0 Å². The Bertz CT molecular complexity index is 1010. The van der Waals surface area contributed by atoms with Crippen LogP contribution in [0.25, 0.3) is 10.2 Å². The zero-order valence-electron chi connectivity index (χ0n) is 13.4. The second-order valence-corrected chi connectivity index (χ2v) is 6.56. The minimum absolute atomic E-state index is 0.00745. The molecule has 0 aliphatic heterocycles. The molecule has 7 heteroatoms. The standard InChI is InChI=1S/C18H15ClN2O3S/c1-2-24-16(22)11-21-14-9-5-6-10-15(14)25-18(21)20-17(23)12-7-3-4-8-13(12)19/h3-10H,2,11H2,1H3. The van der Waals surface area contributed by atoms with Crippen LogP contribution in [0.15, 0.2) is 53.5 Å². The van der Waals surface area contributed by atoms with Crippen molar-refractivity contribution in [1.82, 2.24) is 4.57 Å². The number of aromatic nitrogens is 1. The van der Waals surface area contributed by atoms with Crippen molar-refractivity contribution in [2.75, 3.05) is 6.61 Å². The van der Waals surface area contributed by atoms with Gasteiger partial charge in [0.2, 0.25) is 0 Å². The third kappa shape index (κ3) is 3.81. The molecule has 2 aromatic carbocycles. The summed E-state index contributed by atoms with van der Waals surface area (Å²) in [6, 6.07) is 14.3. The van der Waals surface area contributed by atoms with Gasteiger partial charge in [-0.1, -0.05) is 47.2 Å². The summed E-state index contributed by atoms with van der Waals surface area (Å²) in [5, 5.41) is 0.342. The highest BCUT2D eigenvalue weighted by Gasteiger charge is 2.13. The van der Waals surface area contributed by atoms with Crippen molar-refractivity contribution in [3.05, 3.63) is 63.9 Å². The van der Waals surface area contributed by atoms with Crippen LogP contribution < -0.4 is 4.80 Å². The zero-order valence-corrected chi connectivity index (χ0v) is 15.0. The number of nitrogens with zero attached hydrogens (tertiary/aromatic N) is 2. The summed E-state index contributed by atoms with van der Waals surface area (Å²) in [7, 11) is 0. The molecular weight excluding hydrogens is 360 g/mol. The molecule has 1 heterocycles. The van der Waals surface area contributed by atoms with E-state index in [4.69, 9.17) is 16.3 Å². The van der Waals surface area contributed by atoms with Gasteiger partial charge in [-0.2, -0.15) is 4.99 Å². The smallest absolute Gasteiger partial charge is 0.326 e. The van der Waals surface area contributed by atoms with Crippen molar-refractivity contribution in [1.29, 1.82) is 0 Å². The molecule has 1 aromatic heterocycles. The number of para-hydroxylation sites is 1. The molecule has 0 saturated heterocycles. The Balaban J connectivity index is 2.10. The Morgan fingerprint density at radius 2 is 1.88 bits per heavy atom. The summed E-state index contributed by atoms with van der Waals surface area (Å²) in [5.74, 6) is -0.826. The highest BCUT2D eigenvalue weighted by atomic mass is 35.5. The van der Waals surface area contributed by atoms with Crippen LogP contribution in [0.4, 0.5) is 0 Å². The largest absolute Gasteiger partial charge is 0.465 e. The molecule has 0 saturated carbocycles. The predicted molar refractivity (Wildman–Crippen MR) is 97.8 cm³/mol. The molecule has 128 valence electrons. The zero-order chi connectivity index (χ0) is 17.8. The average molecular weight is 375 g/mol. The molecule has 3 aromatic rings. The third-order valence-electron chi connectivity index (χ3n) is 3.48. The van der Waals surface area contributed by atoms with Crippen LogP contribution in [-0.4, -0.2) is 23.1 Å². The normalized spacial score (nSPS) is 11.7. The second-order valence-electron chi connectivity index (χ2n) is 5.14. The number of carbonyl (C=O) groups is 2. The van der Waals surface area contributed by atoms with E-state index in [1.807, 2.05) is 24.3 Å². The topological polar surface area (TPSA) is 60.7 Å². The predicted octanol–water partition coefficient (Wildman–Crippen LogP) is 3.66. The van der Waals surface area contributed by atoms with Gasteiger partial charge >= 0.3 is 5.97 Å².